The van der Waals surface area contributed by atoms with Crippen LogP contribution in [0.5, 0.6) is 11.5 Å². The number of rotatable bonds is 7. The predicted octanol–water partition coefficient (Wildman–Crippen LogP) is 5.59. The van der Waals surface area contributed by atoms with E-state index in [2.05, 4.69) is 0 Å². The number of methoxy groups -OCH3 is 1. The van der Waals surface area contributed by atoms with Crippen LogP contribution in [0.1, 0.15) is 38.5 Å². The summed E-state index contributed by atoms with van der Waals surface area (Å²) in [5.41, 5.74) is 0. The van der Waals surface area contributed by atoms with Gasteiger partial charge in [0.2, 0.25) is 10.0 Å². The van der Waals surface area contributed by atoms with E-state index in [4.69, 9.17) is 25.8 Å². The molecule has 2 atom stereocenters. The van der Waals surface area contributed by atoms with Crippen LogP contribution in [0.15, 0.2) is 65.6 Å². The van der Waals surface area contributed by atoms with Crippen molar-refractivity contribution in [1.82, 2.24) is 4.31 Å². The normalized spacial score (nSPS) is 21.1. The molecule has 0 spiro atoms. The molecule has 1 heterocycles. The zero-order valence-corrected chi connectivity index (χ0v) is 22.2. The number of hydrogen-bond donors (Lipinski definition) is 0. The van der Waals surface area contributed by atoms with Gasteiger partial charge in [0.05, 0.1) is 18.1 Å². The number of sulfonamides is 1. The van der Waals surface area contributed by atoms with Crippen LogP contribution < -0.4 is 9.47 Å². The van der Waals surface area contributed by atoms with Gasteiger partial charge in [-0.1, -0.05) is 23.7 Å². The highest BCUT2D eigenvalue weighted by Crippen LogP contribution is 2.32. The molecule has 37 heavy (non-hydrogen) atoms. The Morgan fingerprint density at radius 2 is 1.51 bits per heavy atom. The van der Waals surface area contributed by atoms with Crippen LogP contribution in [0.4, 0.5) is 0 Å². The first-order valence-electron chi connectivity index (χ1n) is 12.6. The Balaban J connectivity index is 1.35. The minimum absolute atomic E-state index is 0.132. The van der Waals surface area contributed by atoms with Gasteiger partial charge in [-0.15, -0.1) is 0 Å². The molecule has 1 aliphatic heterocycles. The second-order valence-corrected chi connectivity index (χ2v) is 11.9. The van der Waals surface area contributed by atoms with Crippen molar-refractivity contribution >= 4 is 38.4 Å². The first-order valence-corrected chi connectivity index (χ1v) is 14.4. The minimum Gasteiger partial charge on any atom is -0.490 e. The fourth-order valence-corrected chi connectivity index (χ4v) is 6.90. The average molecular weight is 544 g/mol. The number of halogens is 1. The van der Waals surface area contributed by atoms with Gasteiger partial charge in [0, 0.05) is 18.0 Å². The first kappa shape index (κ1) is 25.8. The summed E-state index contributed by atoms with van der Waals surface area (Å²) in [6, 6.07) is 16.7. The van der Waals surface area contributed by atoms with E-state index in [0.717, 1.165) is 29.4 Å². The Labute approximate surface area is 222 Å². The van der Waals surface area contributed by atoms with Gasteiger partial charge >= 0.3 is 5.97 Å². The molecule has 1 aliphatic carbocycles. The maximum absolute atomic E-state index is 13.7. The van der Waals surface area contributed by atoms with Crippen molar-refractivity contribution in [3.8, 4) is 11.5 Å². The molecule has 5 rings (SSSR count). The summed E-state index contributed by atoms with van der Waals surface area (Å²) < 4.78 is 45.7. The van der Waals surface area contributed by atoms with Crippen molar-refractivity contribution < 1.29 is 27.4 Å². The molecule has 0 unspecified atom stereocenters. The zero-order chi connectivity index (χ0) is 26.0. The summed E-state index contributed by atoms with van der Waals surface area (Å²) >= 11 is 5.95. The lowest BCUT2D eigenvalue weighted by Crippen LogP contribution is -2.52. The lowest BCUT2D eigenvalue weighted by atomic mass is 10.0. The van der Waals surface area contributed by atoms with Gasteiger partial charge in [-0.05, 0) is 91.4 Å². The van der Waals surface area contributed by atoms with Gasteiger partial charge in [-0.2, -0.15) is 4.31 Å². The van der Waals surface area contributed by atoms with Crippen LogP contribution in [-0.4, -0.2) is 50.6 Å². The van der Waals surface area contributed by atoms with Gasteiger partial charge in [0.25, 0.3) is 0 Å². The number of nitrogens with zero attached hydrogens (tertiary/aromatic N) is 1. The molecule has 0 aromatic heterocycles. The molecule has 0 amide bonds. The van der Waals surface area contributed by atoms with Gasteiger partial charge in [-0.3, -0.25) is 4.79 Å². The second kappa shape index (κ2) is 10.9. The average Bonchev–Trinajstić information content (AvgIpc) is 3.42. The third-order valence-electron chi connectivity index (χ3n) is 7.09. The van der Waals surface area contributed by atoms with E-state index in [9.17, 15) is 13.2 Å². The van der Waals surface area contributed by atoms with Gasteiger partial charge < -0.3 is 14.2 Å². The maximum atomic E-state index is 13.7. The molecular weight excluding hydrogens is 514 g/mol. The molecule has 1 saturated heterocycles. The topological polar surface area (TPSA) is 82.1 Å². The molecule has 0 radical (unpaired) electrons. The monoisotopic (exact) mass is 543 g/mol. The third-order valence-corrected chi connectivity index (χ3v) is 9.25. The molecule has 0 bridgehead atoms. The highest BCUT2D eigenvalue weighted by atomic mass is 35.5. The van der Waals surface area contributed by atoms with E-state index in [1.54, 1.807) is 42.5 Å². The van der Waals surface area contributed by atoms with Crippen molar-refractivity contribution in [1.29, 1.82) is 0 Å². The molecule has 7 nitrogen and oxygen atoms in total. The molecule has 3 aromatic rings. The van der Waals surface area contributed by atoms with Crippen molar-refractivity contribution in [3.63, 3.8) is 0 Å². The fraction of sp³-hybridized carbons (Fsp3) is 0.393. The number of hydrogen-bond acceptors (Lipinski definition) is 6. The van der Waals surface area contributed by atoms with Gasteiger partial charge in [0.15, 0.2) is 0 Å². The van der Waals surface area contributed by atoms with E-state index in [1.807, 2.05) is 18.2 Å². The Bertz CT molecular complexity index is 1370. The highest BCUT2D eigenvalue weighted by Gasteiger charge is 2.42. The first-order chi connectivity index (χ1) is 17.8. The number of esters is 1. The number of ether oxygens (including phenoxy) is 3. The van der Waals surface area contributed by atoms with E-state index in [0.29, 0.717) is 17.2 Å². The Kier molecular flexibility index (Phi) is 7.60. The number of benzene rings is 3. The number of piperidine rings is 1. The minimum atomic E-state index is -3.96. The zero-order valence-electron chi connectivity index (χ0n) is 20.6. The molecule has 3 aromatic carbocycles. The van der Waals surface area contributed by atoms with Crippen LogP contribution in [-0.2, 0) is 19.6 Å². The molecule has 0 N–H and O–H groups in total. The Hall–Kier alpha value is -2.81. The lowest BCUT2D eigenvalue weighted by molar-refractivity contribution is -0.147. The van der Waals surface area contributed by atoms with Crippen LogP contribution in [0, 0.1) is 0 Å². The van der Waals surface area contributed by atoms with Crippen molar-refractivity contribution in [2.75, 3.05) is 13.7 Å². The van der Waals surface area contributed by atoms with E-state index < -0.39 is 22.0 Å². The summed E-state index contributed by atoms with van der Waals surface area (Å²) in [7, 11) is -2.70. The van der Waals surface area contributed by atoms with Crippen molar-refractivity contribution in [3.05, 3.63) is 65.7 Å². The van der Waals surface area contributed by atoms with Crippen LogP contribution in [0.3, 0.4) is 0 Å². The SMILES string of the molecule is COC(=O)[C@@H]1C[C@@H](Oc2ccc(Cl)cc2)CCN1S(=O)(=O)c1ccc2cc(OC3CCCC3)ccc2c1. The van der Waals surface area contributed by atoms with Crippen LogP contribution in [0.25, 0.3) is 10.8 Å². The highest BCUT2D eigenvalue weighted by molar-refractivity contribution is 7.89. The molecule has 2 aliphatic rings. The Morgan fingerprint density at radius 3 is 2.24 bits per heavy atom. The standard InChI is InChI=1S/C28H30ClNO6S/c1-34-28(31)27-18-25(36-23-11-8-21(29)9-12-23)14-15-30(27)37(32,33)26-13-7-19-16-24(10-6-20(19)17-26)35-22-4-2-3-5-22/h6-13,16-17,22,25,27H,2-5,14-15,18H2,1H3/t25-,27-/m0/s1. The fourth-order valence-electron chi connectivity index (χ4n) is 5.13. The number of carbonyl (C=O) groups is 1. The summed E-state index contributed by atoms with van der Waals surface area (Å²) in [5.74, 6) is 0.797. The van der Waals surface area contributed by atoms with Gasteiger partial charge in [-0.25, -0.2) is 8.42 Å². The molecule has 9 heteroatoms. The largest absolute Gasteiger partial charge is 0.490 e. The molecular formula is C28H30ClNO6S. The molecule has 2 fully saturated rings. The summed E-state index contributed by atoms with van der Waals surface area (Å²) in [4.78, 5) is 12.8. The predicted molar refractivity (Wildman–Crippen MR) is 142 cm³/mol. The Morgan fingerprint density at radius 1 is 0.865 bits per heavy atom. The lowest BCUT2D eigenvalue weighted by Gasteiger charge is -2.36. The molecule has 1 saturated carbocycles. The maximum Gasteiger partial charge on any atom is 0.324 e. The van der Waals surface area contributed by atoms with Crippen molar-refractivity contribution in [2.24, 2.45) is 0 Å². The van der Waals surface area contributed by atoms with Gasteiger partial charge in [0.1, 0.15) is 23.6 Å². The van der Waals surface area contributed by atoms with E-state index >= 15 is 0 Å². The van der Waals surface area contributed by atoms with Crippen LogP contribution in [0.2, 0.25) is 5.02 Å². The van der Waals surface area contributed by atoms with Crippen LogP contribution >= 0.6 is 11.6 Å². The number of fused-ring (bicyclic) bond motifs is 1. The van der Waals surface area contributed by atoms with E-state index in [1.165, 1.54) is 24.3 Å². The summed E-state index contributed by atoms with van der Waals surface area (Å²) in [6.45, 7) is 0.132. The van der Waals surface area contributed by atoms with E-state index in [-0.39, 0.29) is 30.1 Å². The summed E-state index contributed by atoms with van der Waals surface area (Å²) in [5, 5.41) is 2.28. The smallest absolute Gasteiger partial charge is 0.324 e. The number of carbonyl (C=O) groups excluding carboxylic acids is 1. The van der Waals surface area contributed by atoms with Crippen molar-refractivity contribution in [2.45, 2.75) is 61.7 Å². The third kappa shape index (κ3) is 5.71. The molecule has 196 valence electrons. The summed E-state index contributed by atoms with van der Waals surface area (Å²) in [6.07, 6.45) is 5.04. The quantitative estimate of drug-likeness (QED) is 0.361. The second-order valence-electron chi connectivity index (χ2n) is 9.57.